The predicted molar refractivity (Wildman–Crippen MR) is 76.4 cm³/mol. The van der Waals surface area contributed by atoms with Crippen molar-refractivity contribution in [3.63, 3.8) is 0 Å². The van der Waals surface area contributed by atoms with Crippen LogP contribution < -0.4 is 5.32 Å². The molecule has 0 radical (unpaired) electrons. The van der Waals surface area contributed by atoms with Crippen LogP contribution in [0.15, 0.2) is 24.3 Å². The molecule has 0 atom stereocenters. The van der Waals surface area contributed by atoms with Gasteiger partial charge in [0.2, 0.25) is 0 Å². The normalized spacial score (nSPS) is 16.1. The Morgan fingerprint density at radius 2 is 1.89 bits per heavy atom. The summed E-state index contributed by atoms with van der Waals surface area (Å²) in [4.78, 5) is 13.9. The van der Waals surface area contributed by atoms with Crippen LogP contribution in [-0.2, 0) is 4.74 Å². The van der Waals surface area contributed by atoms with Crippen molar-refractivity contribution in [1.82, 2.24) is 4.90 Å². The molecule has 4 nitrogen and oxygen atoms in total. The lowest BCUT2D eigenvalue weighted by atomic mass is 10.1. The standard InChI is InChI=1S/C15H22N2O2/c1-13-5-7-14(8-6-13)16-15(18)19-12-11-17-9-3-2-4-10-17/h5-8H,2-4,9-12H2,1H3,(H,16,18). The molecule has 1 aliphatic heterocycles. The maximum absolute atomic E-state index is 11.6. The number of benzene rings is 1. The Morgan fingerprint density at radius 1 is 1.21 bits per heavy atom. The van der Waals surface area contributed by atoms with Gasteiger partial charge in [-0.25, -0.2) is 4.79 Å². The SMILES string of the molecule is Cc1ccc(NC(=O)OCCN2CCCCC2)cc1. The number of nitrogens with zero attached hydrogens (tertiary/aromatic N) is 1. The van der Waals surface area contributed by atoms with Crippen LogP contribution in [0.3, 0.4) is 0 Å². The lowest BCUT2D eigenvalue weighted by molar-refractivity contribution is 0.131. The first-order chi connectivity index (χ1) is 9.24. The zero-order valence-electron chi connectivity index (χ0n) is 11.5. The number of rotatable bonds is 4. The third kappa shape index (κ3) is 4.91. The Morgan fingerprint density at radius 3 is 2.58 bits per heavy atom. The molecule has 0 saturated carbocycles. The van der Waals surface area contributed by atoms with E-state index in [4.69, 9.17) is 4.74 Å². The summed E-state index contributed by atoms with van der Waals surface area (Å²) in [7, 11) is 0. The number of hydrogen-bond donors (Lipinski definition) is 1. The van der Waals surface area contributed by atoms with Gasteiger partial charge < -0.3 is 4.74 Å². The predicted octanol–water partition coefficient (Wildman–Crippen LogP) is 3.03. The Hall–Kier alpha value is -1.55. The summed E-state index contributed by atoms with van der Waals surface area (Å²) in [5.74, 6) is 0. The van der Waals surface area contributed by atoms with Gasteiger partial charge in [0.25, 0.3) is 0 Å². The minimum Gasteiger partial charge on any atom is -0.448 e. The molecule has 1 saturated heterocycles. The van der Waals surface area contributed by atoms with Crippen molar-refractivity contribution < 1.29 is 9.53 Å². The lowest BCUT2D eigenvalue weighted by Crippen LogP contribution is -2.33. The van der Waals surface area contributed by atoms with E-state index in [1.165, 1.54) is 24.8 Å². The minimum atomic E-state index is -0.374. The van der Waals surface area contributed by atoms with Gasteiger partial charge >= 0.3 is 6.09 Å². The summed E-state index contributed by atoms with van der Waals surface area (Å²) in [6.07, 6.45) is 3.47. The number of nitrogens with one attached hydrogen (secondary N) is 1. The van der Waals surface area contributed by atoms with Gasteiger partial charge in [0, 0.05) is 12.2 Å². The number of carbonyl (C=O) groups is 1. The zero-order chi connectivity index (χ0) is 13.5. The fraction of sp³-hybridized carbons (Fsp3) is 0.533. The topological polar surface area (TPSA) is 41.6 Å². The Labute approximate surface area is 114 Å². The molecule has 0 bridgehead atoms. The first-order valence-electron chi connectivity index (χ1n) is 6.97. The van der Waals surface area contributed by atoms with Crippen LogP contribution >= 0.6 is 0 Å². The molecule has 1 heterocycles. The van der Waals surface area contributed by atoms with E-state index in [9.17, 15) is 4.79 Å². The number of hydrogen-bond acceptors (Lipinski definition) is 3. The molecule has 1 aliphatic rings. The molecule has 1 amide bonds. The molecule has 1 aromatic rings. The van der Waals surface area contributed by atoms with Crippen molar-refractivity contribution in [3.05, 3.63) is 29.8 Å². The molecular formula is C15H22N2O2. The van der Waals surface area contributed by atoms with Crippen molar-refractivity contribution in [3.8, 4) is 0 Å². The van der Waals surface area contributed by atoms with Crippen LogP contribution in [-0.4, -0.2) is 37.2 Å². The number of carbonyl (C=O) groups excluding carboxylic acids is 1. The van der Waals surface area contributed by atoms with Crippen molar-refractivity contribution in [2.45, 2.75) is 26.2 Å². The van der Waals surface area contributed by atoms with E-state index in [1.807, 2.05) is 31.2 Å². The van der Waals surface area contributed by atoms with Crippen LogP contribution in [0, 0.1) is 6.92 Å². The Balaban J connectivity index is 1.65. The van der Waals surface area contributed by atoms with E-state index >= 15 is 0 Å². The number of likely N-dealkylation sites (tertiary alicyclic amines) is 1. The smallest absolute Gasteiger partial charge is 0.411 e. The quantitative estimate of drug-likeness (QED) is 0.906. The van der Waals surface area contributed by atoms with E-state index in [0.717, 1.165) is 25.3 Å². The summed E-state index contributed by atoms with van der Waals surface area (Å²) < 4.78 is 5.19. The summed E-state index contributed by atoms with van der Waals surface area (Å²) in [5.41, 5.74) is 1.94. The molecule has 0 spiro atoms. The van der Waals surface area contributed by atoms with Gasteiger partial charge in [0.15, 0.2) is 0 Å². The molecule has 0 aliphatic carbocycles. The van der Waals surface area contributed by atoms with E-state index < -0.39 is 0 Å². The molecule has 2 rings (SSSR count). The summed E-state index contributed by atoms with van der Waals surface area (Å²) in [6.45, 7) is 5.56. The molecule has 4 heteroatoms. The maximum Gasteiger partial charge on any atom is 0.411 e. The molecular weight excluding hydrogens is 240 g/mol. The maximum atomic E-state index is 11.6. The van der Waals surface area contributed by atoms with E-state index in [0.29, 0.717) is 6.61 Å². The minimum absolute atomic E-state index is 0.374. The zero-order valence-corrected chi connectivity index (χ0v) is 11.5. The lowest BCUT2D eigenvalue weighted by Gasteiger charge is -2.25. The van der Waals surface area contributed by atoms with Crippen LogP contribution in [0.5, 0.6) is 0 Å². The molecule has 1 aromatic carbocycles. The average Bonchev–Trinajstić information content (AvgIpc) is 2.43. The van der Waals surface area contributed by atoms with Crippen molar-refractivity contribution in [1.29, 1.82) is 0 Å². The van der Waals surface area contributed by atoms with Crippen molar-refractivity contribution in [2.24, 2.45) is 0 Å². The highest BCUT2D eigenvalue weighted by atomic mass is 16.5. The first kappa shape index (κ1) is 13.9. The molecule has 0 unspecified atom stereocenters. The number of aryl methyl sites for hydroxylation is 1. The number of anilines is 1. The van der Waals surface area contributed by atoms with Crippen LogP contribution in [0.1, 0.15) is 24.8 Å². The Bertz CT molecular complexity index is 397. The second-order valence-electron chi connectivity index (χ2n) is 5.03. The monoisotopic (exact) mass is 262 g/mol. The number of ether oxygens (including phenoxy) is 1. The molecule has 0 aromatic heterocycles. The number of amides is 1. The summed E-state index contributed by atoms with van der Waals surface area (Å²) in [5, 5.41) is 2.73. The average molecular weight is 262 g/mol. The molecule has 1 N–H and O–H groups in total. The molecule has 19 heavy (non-hydrogen) atoms. The van der Waals surface area contributed by atoms with Gasteiger partial charge in [-0.15, -0.1) is 0 Å². The largest absolute Gasteiger partial charge is 0.448 e. The summed E-state index contributed by atoms with van der Waals surface area (Å²) in [6, 6.07) is 7.68. The van der Waals surface area contributed by atoms with Gasteiger partial charge in [-0.3, -0.25) is 10.2 Å². The van der Waals surface area contributed by atoms with Crippen molar-refractivity contribution in [2.75, 3.05) is 31.6 Å². The Kier molecular flexibility index (Phi) is 5.21. The summed E-state index contributed by atoms with van der Waals surface area (Å²) >= 11 is 0. The number of piperidine rings is 1. The van der Waals surface area contributed by atoms with Gasteiger partial charge in [0.1, 0.15) is 6.61 Å². The van der Waals surface area contributed by atoms with Gasteiger partial charge in [0.05, 0.1) is 0 Å². The van der Waals surface area contributed by atoms with E-state index in [1.54, 1.807) is 0 Å². The van der Waals surface area contributed by atoms with Crippen LogP contribution in [0.2, 0.25) is 0 Å². The van der Waals surface area contributed by atoms with Gasteiger partial charge in [-0.2, -0.15) is 0 Å². The second kappa shape index (κ2) is 7.14. The van der Waals surface area contributed by atoms with E-state index in [-0.39, 0.29) is 6.09 Å². The highest BCUT2D eigenvalue weighted by Crippen LogP contribution is 2.09. The third-order valence-electron chi connectivity index (χ3n) is 3.39. The first-order valence-corrected chi connectivity index (χ1v) is 6.97. The van der Waals surface area contributed by atoms with Gasteiger partial charge in [-0.05, 0) is 45.0 Å². The fourth-order valence-corrected chi connectivity index (χ4v) is 2.24. The highest BCUT2D eigenvalue weighted by Gasteiger charge is 2.10. The molecule has 1 fully saturated rings. The van der Waals surface area contributed by atoms with Crippen LogP contribution in [0.25, 0.3) is 0 Å². The fourth-order valence-electron chi connectivity index (χ4n) is 2.24. The van der Waals surface area contributed by atoms with Crippen molar-refractivity contribution >= 4 is 11.8 Å². The second-order valence-corrected chi connectivity index (χ2v) is 5.03. The molecule has 104 valence electrons. The van der Waals surface area contributed by atoms with Crippen LogP contribution in [0.4, 0.5) is 10.5 Å². The highest BCUT2D eigenvalue weighted by molar-refractivity contribution is 5.84. The van der Waals surface area contributed by atoms with Gasteiger partial charge in [-0.1, -0.05) is 24.1 Å². The van der Waals surface area contributed by atoms with E-state index in [2.05, 4.69) is 10.2 Å². The third-order valence-corrected chi connectivity index (χ3v) is 3.39.